The van der Waals surface area contributed by atoms with Gasteiger partial charge in [-0.3, -0.25) is 0 Å². The average Bonchev–Trinajstić information content (AvgIpc) is 2.30. The van der Waals surface area contributed by atoms with Crippen LogP contribution in [0.15, 0.2) is 0 Å². The van der Waals surface area contributed by atoms with Gasteiger partial charge < -0.3 is 10.2 Å². The monoisotopic (exact) mass is 198 g/mol. The Hall–Kier alpha value is -0.0800. The van der Waals surface area contributed by atoms with Crippen LogP contribution in [0, 0.1) is 5.92 Å². The molecule has 1 fully saturated rings. The SMILES string of the molecule is CCN1CCC(NC(C)C)[C@@H](C)CC1. The Morgan fingerprint density at radius 1 is 1.29 bits per heavy atom. The summed E-state index contributed by atoms with van der Waals surface area (Å²) < 4.78 is 0. The van der Waals surface area contributed by atoms with Gasteiger partial charge in [0.05, 0.1) is 0 Å². The van der Waals surface area contributed by atoms with E-state index in [2.05, 4.69) is 37.9 Å². The van der Waals surface area contributed by atoms with E-state index in [-0.39, 0.29) is 0 Å². The summed E-state index contributed by atoms with van der Waals surface area (Å²) in [5.41, 5.74) is 0. The molecule has 0 radical (unpaired) electrons. The predicted molar refractivity (Wildman–Crippen MR) is 62.6 cm³/mol. The second kappa shape index (κ2) is 5.72. The van der Waals surface area contributed by atoms with Crippen molar-refractivity contribution in [2.45, 2.75) is 52.6 Å². The minimum Gasteiger partial charge on any atom is -0.311 e. The van der Waals surface area contributed by atoms with E-state index >= 15 is 0 Å². The second-order valence-corrected chi connectivity index (χ2v) is 4.92. The molecule has 1 heterocycles. The third kappa shape index (κ3) is 3.58. The van der Waals surface area contributed by atoms with Gasteiger partial charge in [-0.05, 0) is 38.4 Å². The smallest absolute Gasteiger partial charge is 0.0108 e. The van der Waals surface area contributed by atoms with Crippen LogP contribution in [-0.2, 0) is 0 Å². The van der Waals surface area contributed by atoms with E-state index in [4.69, 9.17) is 0 Å². The molecular weight excluding hydrogens is 172 g/mol. The Bertz CT molecular complexity index is 156. The van der Waals surface area contributed by atoms with Crippen molar-refractivity contribution in [3.05, 3.63) is 0 Å². The van der Waals surface area contributed by atoms with E-state index in [1.807, 2.05) is 0 Å². The summed E-state index contributed by atoms with van der Waals surface area (Å²) in [7, 11) is 0. The maximum atomic E-state index is 3.69. The molecule has 0 aromatic rings. The average molecular weight is 198 g/mol. The van der Waals surface area contributed by atoms with Gasteiger partial charge in [-0.1, -0.05) is 27.7 Å². The van der Waals surface area contributed by atoms with E-state index in [1.54, 1.807) is 0 Å². The van der Waals surface area contributed by atoms with Crippen LogP contribution < -0.4 is 5.32 Å². The summed E-state index contributed by atoms with van der Waals surface area (Å²) in [5.74, 6) is 0.828. The van der Waals surface area contributed by atoms with Crippen molar-refractivity contribution in [3.8, 4) is 0 Å². The highest BCUT2D eigenvalue weighted by atomic mass is 15.1. The van der Waals surface area contributed by atoms with Gasteiger partial charge in [0.25, 0.3) is 0 Å². The van der Waals surface area contributed by atoms with E-state index < -0.39 is 0 Å². The van der Waals surface area contributed by atoms with Crippen LogP contribution in [0.4, 0.5) is 0 Å². The highest BCUT2D eigenvalue weighted by molar-refractivity contribution is 4.80. The molecule has 0 aromatic carbocycles. The van der Waals surface area contributed by atoms with Crippen molar-refractivity contribution in [1.29, 1.82) is 0 Å². The van der Waals surface area contributed by atoms with Crippen molar-refractivity contribution in [1.82, 2.24) is 10.2 Å². The van der Waals surface area contributed by atoms with E-state index in [1.165, 1.54) is 32.5 Å². The van der Waals surface area contributed by atoms with Crippen LogP contribution in [0.2, 0.25) is 0 Å². The van der Waals surface area contributed by atoms with Crippen molar-refractivity contribution in [2.75, 3.05) is 19.6 Å². The van der Waals surface area contributed by atoms with Gasteiger partial charge in [0.1, 0.15) is 0 Å². The lowest BCUT2D eigenvalue weighted by Crippen LogP contribution is -2.39. The van der Waals surface area contributed by atoms with Gasteiger partial charge in [0.2, 0.25) is 0 Å². The third-order valence-electron chi connectivity index (χ3n) is 3.34. The molecule has 14 heavy (non-hydrogen) atoms. The van der Waals surface area contributed by atoms with Gasteiger partial charge in [0, 0.05) is 12.1 Å². The highest BCUT2D eigenvalue weighted by Gasteiger charge is 2.22. The molecule has 0 saturated carbocycles. The standard InChI is InChI=1S/C12H26N2/c1-5-14-8-6-11(4)12(7-9-14)13-10(2)3/h10-13H,5-9H2,1-4H3/t11-,12?/m0/s1. The molecule has 0 aliphatic carbocycles. The first-order valence-corrected chi connectivity index (χ1v) is 6.12. The first kappa shape index (κ1) is 12.0. The number of hydrogen-bond donors (Lipinski definition) is 1. The minimum atomic E-state index is 0.621. The quantitative estimate of drug-likeness (QED) is 0.747. The zero-order valence-corrected chi connectivity index (χ0v) is 10.2. The molecule has 1 aliphatic heterocycles. The molecule has 2 atom stereocenters. The highest BCUT2D eigenvalue weighted by Crippen LogP contribution is 2.17. The van der Waals surface area contributed by atoms with Crippen LogP contribution in [0.25, 0.3) is 0 Å². The first-order chi connectivity index (χ1) is 6.63. The van der Waals surface area contributed by atoms with Crippen LogP contribution >= 0.6 is 0 Å². The molecule has 2 nitrogen and oxygen atoms in total. The Morgan fingerprint density at radius 2 is 1.93 bits per heavy atom. The maximum absolute atomic E-state index is 3.69. The Balaban J connectivity index is 2.43. The fourth-order valence-electron chi connectivity index (χ4n) is 2.30. The summed E-state index contributed by atoms with van der Waals surface area (Å²) in [5, 5.41) is 3.69. The van der Waals surface area contributed by atoms with Crippen molar-refractivity contribution < 1.29 is 0 Å². The van der Waals surface area contributed by atoms with Crippen LogP contribution in [0.3, 0.4) is 0 Å². The molecule has 0 spiro atoms. The van der Waals surface area contributed by atoms with Gasteiger partial charge >= 0.3 is 0 Å². The Morgan fingerprint density at radius 3 is 2.50 bits per heavy atom. The summed E-state index contributed by atoms with van der Waals surface area (Å²) >= 11 is 0. The zero-order valence-electron chi connectivity index (χ0n) is 10.2. The molecule has 0 amide bonds. The van der Waals surface area contributed by atoms with Crippen LogP contribution in [0.5, 0.6) is 0 Å². The molecule has 0 bridgehead atoms. The number of rotatable bonds is 3. The third-order valence-corrected chi connectivity index (χ3v) is 3.34. The lowest BCUT2D eigenvalue weighted by molar-refractivity contribution is 0.295. The minimum absolute atomic E-state index is 0.621. The summed E-state index contributed by atoms with van der Waals surface area (Å²) in [6, 6.07) is 1.35. The lowest BCUT2D eigenvalue weighted by atomic mass is 9.96. The molecule has 0 aromatic heterocycles. The number of hydrogen-bond acceptors (Lipinski definition) is 2. The van der Waals surface area contributed by atoms with Gasteiger partial charge in [0.15, 0.2) is 0 Å². The number of nitrogens with zero attached hydrogens (tertiary/aromatic N) is 1. The summed E-state index contributed by atoms with van der Waals surface area (Å²) in [6.07, 6.45) is 2.66. The molecular formula is C12H26N2. The largest absolute Gasteiger partial charge is 0.311 e. The molecule has 1 unspecified atom stereocenters. The molecule has 1 rings (SSSR count). The summed E-state index contributed by atoms with van der Waals surface area (Å²) in [4.78, 5) is 2.57. The van der Waals surface area contributed by atoms with Gasteiger partial charge in [-0.25, -0.2) is 0 Å². The molecule has 84 valence electrons. The van der Waals surface area contributed by atoms with Crippen LogP contribution in [0.1, 0.15) is 40.5 Å². The van der Waals surface area contributed by atoms with Crippen molar-refractivity contribution in [3.63, 3.8) is 0 Å². The van der Waals surface area contributed by atoms with E-state index in [9.17, 15) is 0 Å². The molecule has 2 heteroatoms. The number of likely N-dealkylation sites (tertiary alicyclic amines) is 1. The lowest BCUT2D eigenvalue weighted by Gasteiger charge is -2.24. The van der Waals surface area contributed by atoms with E-state index in [0.717, 1.165) is 12.0 Å². The number of nitrogens with one attached hydrogen (secondary N) is 1. The zero-order chi connectivity index (χ0) is 10.6. The normalized spacial score (nSPS) is 30.6. The van der Waals surface area contributed by atoms with Gasteiger partial charge in [-0.2, -0.15) is 0 Å². The maximum Gasteiger partial charge on any atom is 0.0108 e. The second-order valence-electron chi connectivity index (χ2n) is 4.92. The molecule has 1 aliphatic rings. The molecule has 1 N–H and O–H groups in total. The first-order valence-electron chi connectivity index (χ1n) is 6.12. The van der Waals surface area contributed by atoms with Crippen LogP contribution in [-0.4, -0.2) is 36.6 Å². The summed E-state index contributed by atoms with van der Waals surface area (Å²) in [6.45, 7) is 12.9. The fourth-order valence-corrected chi connectivity index (χ4v) is 2.30. The predicted octanol–water partition coefficient (Wildman–Crippen LogP) is 2.10. The van der Waals surface area contributed by atoms with Crippen molar-refractivity contribution >= 4 is 0 Å². The van der Waals surface area contributed by atoms with Crippen molar-refractivity contribution in [2.24, 2.45) is 5.92 Å². The van der Waals surface area contributed by atoms with E-state index in [0.29, 0.717) is 6.04 Å². The Labute approximate surface area is 89.1 Å². The fraction of sp³-hybridized carbons (Fsp3) is 1.00. The Kier molecular flexibility index (Phi) is 4.90. The van der Waals surface area contributed by atoms with Gasteiger partial charge in [-0.15, -0.1) is 0 Å². The molecule has 1 saturated heterocycles. The topological polar surface area (TPSA) is 15.3 Å².